The topological polar surface area (TPSA) is 41.5 Å². The first-order valence-corrected chi connectivity index (χ1v) is 7.30. The van der Waals surface area contributed by atoms with E-state index in [2.05, 4.69) is 21.2 Å². The zero-order chi connectivity index (χ0) is 14.4. The minimum Gasteiger partial charge on any atom is -0.491 e. The molecule has 0 aliphatic heterocycles. The molecule has 0 saturated carbocycles. The summed E-state index contributed by atoms with van der Waals surface area (Å²) in [6.07, 6.45) is -0.557. The number of aliphatic hydroxyl groups excluding tert-OH is 1. The van der Waals surface area contributed by atoms with Crippen molar-refractivity contribution in [3.05, 3.63) is 58.6 Å². The second-order valence-corrected chi connectivity index (χ2v) is 5.53. The molecule has 4 heteroatoms. The van der Waals surface area contributed by atoms with Crippen LogP contribution in [-0.4, -0.2) is 24.4 Å². The smallest absolute Gasteiger partial charge is 0.119 e. The Bertz CT molecular complexity index is 542. The van der Waals surface area contributed by atoms with Gasteiger partial charge < -0.3 is 15.2 Å². The summed E-state index contributed by atoms with van der Waals surface area (Å²) >= 11 is 3.37. The van der Waals surface area contributed by atoms with Crippen LogP contribution < -0.4 is 10.1 Å². The molecule has 2 rings (SSSR count). The molecular formula is C16H18BrNO2. The van der Waals surface area contributed by atoms with Crippen LogP contribution in [0.15, 0.2) is 53.0 Å². The van der Waals surface area contributed by atoms with E-state index in [1.165, 1.54) is 0 Å². The first-order chi connectivity index (χ1) is 9.65. The fourth-order valence-electron chi connectivity index (χ4n) is 1.78. The molecule has 2 N–H and O–H groups in total. The number of benzene rings is 2. The van der Waals surface area contributed by atoms with Crippen molar-refractivity contribution >= 4 is 21.6 Å². The van der Waals surface area contributed by atoms with Crippen LogP contribution in [0.4, 0.5) is 5.69 Å². The summed E-state index contributed by atoms with van der Waals surface area (Å²) in [6, 6.07) is 15.6. The third kappa shape index (κ3) is 4.54. The fraction of sp³-hybridized carbons (Fsp3) is 0.250. The van der Waals surface area contributed by atoms with Gasteiger partial charge in [0, 0.05) is 16.7 Å². The number of hydrogen-bond acceptors (Lipinski definition) is 3. The van der Waals surface area contributed by atoms with Crippen LogP contribution in [0.25, 0.3) is 0 Å². The molecule has 0 spiro atoms. The molecular weight excluding hydrogens is 318 g/mol. The third-order valence-electron chi connectivity index (χ3n) is 2.93. The van der Waals surface area contributed by atoms with Crippen molar-refractivity contribution < 1.29 is 9.84 Å². The zero-order valence-electron chi connectivity index (χ0n) is 11.3. The lowest BCUT2D eigenvalue weighted by Gasteiger charge is -2.15. The lowest BCUT2D eigenvalue weighted by atomic mass is 10.2. The highest BCUT2D eigenvalue weighted by Gasteiger charge is 2.06. The van der Waals surface area contributed by atoms with Gasteiger partial charge in [-0.15, -0.1) is 0 Å². The molecule has 106 valence electrons. The maximum Gasteiger partial charge on any atom is 0.119 e. The second-order valence-electron chi connectivity index (χ2n) is 4.61. The van der Waals surface area contributed by atoms with Gasteiger partial charge in [-0.05, 0) is 42.8 Å². The van der Waals surface area contributed by atoms with Crippen LogP contribution in [0.1, 0.15) is 5.56 Å². The number of anilines is 1. The number of aliphatic hydroxyl groups is 1. The first-order valence-electron chi connectivity index (χ1n) is 6.51. The summed E-state index contributed by atoms with van der Waals surface area (Å²) in [4.78, 5) is 0. The van der Waals surface area contributed by atoms with Crippen molar-refractivity contribution in [1.82, 2.24) is 0 Å². The average Bonchev–Trinajstić information content (AvgIpc) is 2.46. The van der Waals surface area contributed by atoms with Crippen LogP contribution in [0.3, 0.4) is 0 Å². The van der Waals surface area contributed by atoms with Crippen molar-refractivity contribution in [2.75, 3.05) is 18.5 Å². The van der Waals surface area contributed by atoms with Crippen molar-refractivity contribution in [2.45, 2.75) is 13.0 Å². The monoisotopic (exact) mass is 335 g/mol. The zero-order valence-corrected chi connectivity index (χ0v) is 12.9. The molecule has 0 amide bonds. The van der Waals surface area contributed by atoms with E-state index < -0.39 is 6.10 Å². The SMILES string of the molecule is Cc1ccccc1NCC(O)COc1ccc(Br)cc1. The Morgan fingerprint density at radius 1 is 1.15 bits per heavy atom. The second kappa shape index (κ2) is 7.31. The van der Waals surface area contributed by atoms with Crippen LogP contribution >= 0.6 is 15.9 Å². The lowest BCUT2D eigenvalue weighted by Crippen LogP contribution is -2.26. The molecule has 3 nitrogen and oxygen atoms in total. The predicted molar refractivity (Wildman–Crippen MR) is 85.3 cm³/mol. The summed E-state index contributed by atoms with van der Waals surface area (Å²) in [7, 11) is 0. The third-order valence-corrected chi connectivity index (χ3v) is 3.46. The Morgan fingerprint density at radius 3 is 2.55 bits per heavy atom. The first kappa shape index (κ1) is 14.9. The van der Waals surface area contributed by atoms with Gasteiger partial charge in [0.05, 0.1) is 0 Å². The molecule has 0 heterocycles. The van der Waals surface area contributed by atoms with Crippen LogP contribution in [0, 0.1) is 6.92 Å². The molecule has 0 aromatic heterocycles. The van der Waals surface area contributed by atoms with Crippen molar-refractivity contribution in [2.24, 2.45) is 0 Å². The van der Waals surface area contributed by atoms with Crippen LogP contribution in [-0.2, 0) is 0 Å². The highest BCUT2D eigenvalue weighted by atomic mass is 79.9. The summed E-state index contributed by atoms with van der Waals surface area (Å²) in [5.41, 5.74) is 2.20. The number of aryl methyl sites for hydroxylation is 1. The van der Waals surface area contributed by atoms with E-state index >= 15 is 0 Å². The van der Waals surface area contributed by atoms with Gasteiger partial charge in [-0.2, -0.15) is 0 Å². The molecule has 0 fully saturated rings. The maximum atomic E-state index is 9.92. The number of hydrogen-bond donors (Lipinski definition) is 2. The largest absolute Gasteiger partial charge is 0.491 e. The van der Waals surface area contributed by atoms with Crippen molar-refractivity contribution in [3.63, 3.8) is 0 Å². The van der Waals surface area contributed by atoms with E-state index in [1.807, 2.05) is 55.5 Å². The van der Waals surface area contributed by atoms with Crippen LogP contribution in [0.5, 0.6) is 5.75 Å². The lowest BCUT2D eigenvalue weighted by molar-refractivity contribution is 0.117. The number of halogens is 1. The van der Waals surface area contributed by atoms with Gasteiger partial charge in [0.2, 0.25) is 0 Å². The molecule has 0 saturated heterocycles. The number of para-hydroxylation sites is 1. The number of ether oxygens (including phenoxy) is 1. The molecule has 1 atom stereocenters. The molecule has 2 aromatic rings. The standard InChI is InChI=1S/C16H18BrNO2/c1-12-4-2-3-5-16(12)18-10-14(19)11-20-15-8-6-13(17)7-9-15/h2-9,14,18-19H,10-11H2,1H3. The van der Waals surface area contributed by atoms with Gasteiger partial charge in [-0.25, -0.2) is 0 Å². The molecule has 0 aliphatic carbocycles. The highest BCUT2D eigenvalue weighted by Crippen LogP contribution is 2.16. The minimum absolute atomic E-state index is 0.264. The Morgan fingerprint density at radius 2 is 1.85 bits per heavy atom. The molecule has 20 heavy (non-hydrogen) atoms. The quantitative estimate of drug-likeness (QED) is 0.847. The summed E-state index contributed by atoms with van der Waals surface area (Å²) in [5, 5.41) is 13.1. The van der Waals surface area contributed by atoms with Crippen molar-refractivity contribution in [3.8, 4) is 5.75 Å². The Labute approximate surface area is 127 Å². The summed E-state index contributed by atoms with van der Waals surface area (Å²) in [5.74, 6) is 0.753. The Kier molecular flexibility index (Phi) is 5.44. The van der Waals surface area contributed by atoms with E-state index in [9.17, 15) is 5.11 Å². The highest BCUT2D eigenvalue weighted by molar-refractivity contribution is 9.10. The fourth-order valence-corrected chi connectivity index (χ4v) is 2.05. The van der Waals surface area contributed by atoms with Gasteiger partial charge in [0.1, 0.15) is 18.5 Å². The van der Waals surface area contributed by atoms with Gasteiger partial charge in [0.25, 0.3) is 0 Å². The molecule has 2 aromatic carbocycles. The van der Waals surface area contributed by atoms with Gasteiger partial charge >= 0.3 is 0 Å². The van der Waals surface area contributed by atoms with E-state index in [0.717, 1.165) is 21.5 Å². The Balaban J connectivity index is 1.77. The van der Waals surface area contributed by atoms with Crippen LogP contribution in [0.2, 0.25) is 0 Å². The number of rotatable bonds is 6. The Hall–Kier alpha value is -1.52. The van der Waals surface area contributed by atoms with Crippen molar-refractivity contribution in [1.29, 1.82) is 0 Å². The van der Waals surface area contributed by atoms with Gasteiger partial charge in [0.15, 0.2) is 0 Å². The predicted octanol–water partition coefficient (Wildman–Crippen LogP) is 3.61. The molecule has 0 radical (unpaired) electrons. The molecule has 1 unspecified atom stereocenters. The molecule has 0 bridgehead atoms. The summed E-state index contributed by atoms with van der Waals surface area (Å²) in [6.45, 7) is 2.76. The average molecular weight is 336 g/mol. The number of nitrogens with one attached hydrogen (secondary N) is 1. The molecule has 0 aliphatic rings. The van der Waals surface area contributed by atoms with Gasteiger partial charge in [-0.1, -0.05) is 34.1 Å². The maximum absolute atomic E-state index is 9.92. The van der Waals surface area contributed by atoms with E-state index in [0.29, 0.717) is 6.54 Å². The minimum atomic E-state index is -0.557. The van der Waals surface area contributed by atoms with E-state index in [1.54, 1.807) is 0 Å². The van der Waals surface area contributed by atoms with E-state index in [-0.39, 0.29) is 6.61 Å². The van der Waals surface area contributed by atoms with E-state index in [4.69, 9.17) is 4.74 Å². The van der Waals surface area contributed by atoms with Gasteiger partial charge in [-0.3, -0.25) is 0 Å². The normalized spacial score (nSPS) is 11.9. The summed E-state index contributed by atoms with van der Waals surface area (Å²) < 4.78 is 6.54.